The maximum Gasteiger partial charge on any atom is 0.243 e. The number of rotatable bonds is 5. The van der Waals surface area contributed by atoms with Gasteiger partial charge in [0, 0.05) is 19.1 Å². The van der Waals surface area contributed by atoms with E-state index in [0.717, 1.165) is 18.4 Å². The maximum atomic E-state index is 12.9. The van der Waals surface area contributed by atoms with Crippen molar-refractivity contribution >= 4 is 10.0 Å². The average molecular weight is 323 g/mol. The van der Waals surface area contributed by atoms with Crippen molar-refractivity contribution in [1.82, 2.24) is 4.31 Å². The van der Waals surface area contributed by atoms with Crippen LogP contribution in [0, 0.1) is 18.8 Å². The first-order chi connectivity index (χ1) is 10.4. The number of benzene rings is 1. The molecule has 0 radical (unpaired) electrons. The second-order valence-electron chi connectivity index (χ2n) is 6.98. The van der Waals surface area contributed by atoms with Crippen LogP contribution in [0.1, 0.15) is 32.3 Å². The molecule has 3 atom stereocenters. The number of nitrogens with zero attached hydrogens (tertiary/aromatic N) is 1. The van der Waals surface area contributed by atoms with Crippen LogP contribution >= 0.6 is 0 Å². The van der Waals surface area contributed by atoms with Crippen LogP contribution < -0.4 is 0 Å². The molecule has 2 bridgehead atoms. The number of hydrogen-bond acceptors (Lipinski definition) is 3. The zero-order valence-electron chi connectivity index (χ0n) is 13.5. The quantitative estimate of drug-likeness (QED) is 0.837. The minimum atomic E-state index is -3.40. The standard InChI is InChI=1S/C17H25NO3S/c1-12(2)11-21-17-14-6-9-16(17)18(10-14)22(19,20)15-7-4-13(3)5-8-15/h4-5,7-8,12,14,16-17H,6,9-11H2,1-3H3/t14-,16+,17+/m1/s1. The fourth-order valence-corrected chi connectivity index (χ4v) is 5.29. The van der Waals surface area contributed by atoms with Gasteiger partial charge in [-0.25, -0.2) is 8.42 Å². The largest absolute Gasteiger partial charge is 0.376 e. The van der Waals surface area contributed by atoms with E-state index in [1.54, 1.807) is 16.4 Å². The lowest BCUT2D eigenvalue weighted by Crippen LogP contribution is -2.40. The van der Waals surface area contributed by atoms with Crippen molar-refractivity contribution in [3.05, 3.63) is 29.8 Å². The highest BCUT2D eigenvalue weighted by Gasteiger charge is 2.52. The predicted octanol–water partition coefficient (Wildman–Crippen LogP) is 2.82. The molecule has 2 aliphatic rings. The summed E-state index contributed by atoms with van der Waals surface area (Å²) in [7, 11) is -3.40. The first-order valence-corrected chi connectivity index (χ1v) is 9.53. The normalized spacial score (nSPS) is 28.6. The highest BCUT2D eigenvalue weighted by Crippen LogP contribution is 2.42. The summed E-state index contributed by atoms with van der Waals surface area (Å²) in [5, 5.41) is 0. The van der Waals surface area contributed by atoms with E-state index < -0.39 is 10.0 Å². The van der Waals surface area contributed by atoms with Gasteiger partial charge in [0.1, 0.15) is 0 Å². The molecule has 5 heteroatoms. The van der Waals surface area contributed by atoms with Crippen molar-refractivity contribution in [2.75, 3.05) is 13.2 Å². The Hall–Kier alpha value is -0.910. The summed E-state index contributed by atoms with van der Waals surface area (Å²) in [6, 6.07) is 7.14. The monoisotopic (exact) mass is 323 g/mol. The van der Waals surface area contributed by atoms with Gasteiger partial charge in [0.05, 0.1) is 17.0 Å². The van der Waals surface area contributed by atoms with Gasteiger partial charge in [0.25, 0.3) is 0 Å². The molecule has 3 rings (SSSR count). The summed E-state index contributed by atoms with van der Waals surface area (Å²) in [6.45, 7) is 7.51. The van der Waals surface area contributed by atoms with Gasteiger partial charge < -0.3 is 4.74 Å². The summed E-state index contributed by atoms with van der Waals surface area (Å²) in [5.41, 5.74) is 1.07. The summed E-state index contributed by atoms with van der Waals surface area (Å²) in [4.78, 5) is 0.397. The molecular weight excluding hydrogens is 298 g/mol. The Labute approximate surface area is 133 Å². The summed E-state index contributed by atoms with van der Waals surface area (Å²) in [5.74, 6) is 0.825. The molecule has 1 aliphatic carbocycles. The van der Waals surface area contributed by atoms with Crippen LogP contribution in [0.3, 0.4) is 0 Å². The number of hydrogen-bond donors (Lipinski definition) is 0. The second kappa shape index (κ2) is 5.95. The van der Waals surface area contributed by atoms with Crippen LogP contribution in [0.25, 0.3) is 0 Å². The van der Waals surface area contributed by atoms with E-state index in [1.807, 2.05) is 19.1 Å². The molecule has 1 saturated heterocycles. The zero-order valence-corrected chi connectivity index (χ0v) is 14.3. The molecule has 0 amide bonds. The van der Waals surface area contributed by atoms with E-state index in [0.29, 0.717) is 29.9 Å². The van der Waals surface area contributed by atoms with Crippen molar-refractivity contribution in [2.24, 2.45) is 11.8 Å². The fourth-order valence-electron chi connectivity index (χ4n) is 3.57. The number of fused-ring (bicyclic) bond motifs is 2. The van der Waals surface area contributed by atoms with Crippen molar-refractivity contribution in [3.8, 4) is 0 Å². The third-order valence-corrected chi connectivity index (χ3v) is 6.62. The molecule has 1 heterocycles. The molecule has 1 aliphatic heterocycles. The van der Waals surface area contributed by atoms with E-state index in [9.17, 15) is 8.42 Å². The lowest BCUT2D eigenvalue weighted by molar-refractivity contribution is 0.0182. The van der Waals surface area contributed by atoms with Gasteiger partial charge in [-0.15, -0.1) is 0 Å². The minimum absolute atomic E-state index is 0.00931. The Kier molecular flexibility index (Phi) is 4.32. The van der Waals surface area contributed by atoms with Crippen LogP contribution in [0.4, 0.5) is 0 Å². The highest BCUT2D eigenvalue weighted by molar-refractivity contribution is 7.89. The van der Waals surface area contributed by atoms with Gasteiger partial charge in [-0.3, -0.25) is 0 Å². The smallest absolute Gasteiger partial charge is 0.243 e. The van der Waals surface area contributed by atoms with Crippen LogP contribution in [-0.2, 0) is 14.8 Å². The Morgan fingerprint density at radius 2 is 1.91 bits per heavy atom. The molecule has 4 nitrogen and oxygen atoms in total. The van der Waals surface area contributed by atoms with Gasteiger partial charge >= 0.3 is 0 Å². The molecular formula is C17H25NO3S. The average Bonchev–Trinajstić information content (AvgIpc) is 3.02. The molecule has 0 N–H and O–H groups in total. The Morgan fingerprint density at radius 3 is 2.55 bits per heavy atom. The van der Waals surface area contributed by atoms with Gasteiger partial charge in [-0.1, -0.05) is 31.5 Å². The third-order valence-electron chi connectivity index (χ3n) is 4.71. The van der Waals surface area contributed by atoms with Crippen LogP contribution in [0.2, 0.25) is 0 Å². The first-order valence-electron chi connectivity index (χ1n) is 8.09. The molecule has 22 heavy (non-hydrogen) atoms. The van der Waals surface area contributed by atoms with Crippen molar-refractivity contribution in [1.29, 1.82) is 0 Å². The minimum Gasteiger partial charge on any atom is -0.376 e. The van der Waals surface area contributed by atoms with Crippen molar-refractivity contribution in [2.45, 2.75) is 50.7 Å². The van der Waals surface area contributed by atoms with Crippen LogP contribution in [-0.4, -0.2) is 38.0 Å². The van der Waals surface area contributed by atoms with E-state index in [-0.39, 0.29) is 12.1 Å². The molecule has 0 aromatic heterocycles. The van der Waals surface area contributed by atoms with Crippen molar-refractivity contribution in [3.63, 3.8) is 0 Å². The molecule has 2 fully saturated rings. The molecule has 0 unspecified atom stereocenters. The van der Waals surface area contributed by atoms with Crippen LogP contribution in [0.5, 0.6) is 0 Å². The number of piperidine rings is 1. The molecule has 122 valence electrons. The second-order valence-corrected chi connectivity index (χ2v) is 8.87. The number of aryl methyl sites for hydroxylation is 1. The van der Waals surface area contributed by atoms with E-state index in [2.05, 4.69) is 13.8 Å². The van der Waals surface area contributed by atoms with E-state index >= 15 is 0 Å². The zero-order chi connectivity index (χ0) is 15.9. The predicted molar refractivity (Wildman–Crippen MR) is 86.2 cm³/mol. The van der Waals surface area contributed by atoms with Gasteiger partial charge in [0.2, 0.25) is 10.0 Å². The summed E-state index contributed by atoms with van der Waals surface area (Å²) >= 11 is 0. The molecule has 1 aromatic carbocycles. The Balaban J connectivity index is 1.80. The third kappa shape index (κ3) is 2.82. The van der Waals surface area contributed by atoms with E-state index in [4.69, 9.17) is 4.74 Å². The molecule has 0 spiro atoms. The highest BCUT2D eigenvalue weighted by atomic mass is 32.2. The SMILES string of the molecule is Cc1ccc(S(=O)(=O)N2C[C@H]3CC[C@H]2[C@H]3OCC(C)C)cc1. The lowest BCUT2D eigenvalue weighted by atomic mass is 10.1. The molecule has 1 aromatic rings. The maximum absolute atomic E-state index is 12.9. The van der Waals surface area contributed by atoms with Gasteiger partial charge in [-0.2, -0.15) is 4.31 Å². The van der Waals surface area contributed by atoms with E-state index in [1.165, 1.54) is 0 Å². The Morgan fingerprint density at radius 1 is 1.23 bits per heavy atom. The summed E-state index contributed by atoms with van der Waals surface area (Å²) < 4.78 is 33.5. The van der Waals surface area contributed by atoms with Gasteiger partial charge in [-0.05, 0) is 37.8 Å². The Bertz CT molecular complexity index is 624. The number of ether oxygens (including phenoxy) is 1. The lowest BCUT2D eigenvalue weighted by Gasteiger charge is -2.26. The summed E-state index contributed by atoms with van der Waals surface area (Å²) in [6.07, 6.45) is 2.06. The fraction of sp³-hybridized carbons (Fsp3) is 0.647. The number of sulfonamides is 1. The van der Waals surface area contributed by atoms with Gasteiger partial charge in [0.15, 0.2) is 0 Å². The van der Waals surface area contributed by atoms with Crippen LogP contribution in [0.15, 0.2) is 29.2 Å². The van der Waals surface area contributed by atoms with Crippen molar-refractivity contribution < 1.29 is 13.2 Å². The molecule has 1 saturated carbocycles. The first kappa shape index (κ1) is 16.0. The topological polar surface area (TPSA) is 46.6 Å².